The van der Waals surface area contributed by atoms with Crippen LogP contribution in [0.2, 0.25) is 0 Å². The van der Waals surface area contributed by atoms with Crippen molar-refractivity contribution in [2.24, 2.45) is 5.92 Å². The van der Waals surface area contributed by atoms with Crippen LogP contribution < -0.4 is 16.0 Å². The molecule has 38 heavy (non-hydrogen) atoms. The summed E-state index contributed by atoms with van der Waals surface area (Å²) in [5.41, 5.74) is 1.74. The minimum absolute atomic E-state index is 0.110. The van der Waals surface area contributed by atoms with Gasteiger partial charge in [-0.15, -0.1) is 11.3 Å². The third-order valence-electron chi connectivity index (χ3n) is 6.53. The van der Waals surface area contributed by atoms with Gasteiger partial charge in [-0.3, -0.25) is 19.5 Å². The Balaban J connectivity index is 1.36. The van der Waals surface area contributed by atoms with Crippen LogP contribution in [0.3, 0.4) is 0 Å². The Bertz CT molecular complexity index is 1560. The molecule has 3 aromatic heterocycles. The number of benzene rings is 1. The summed E-state index contributed by atoms with van der Waals surface area (Å²) in [5.74, 6) is -0.614. The highest BCUT2D eigenvalue weighted by molar-refractivity contribution is 7.20. The SMILES string of the molecule is CC1CC=CC(NC(=O)c2ccc[nH]2)=C1C(=O)Nc1[nH]nc2sc(C(=O)NC(C)(C)c3ccccc3)cc12. The number of aromatic amines is 2. The highest BCUT2D eigenvalue weighted by Gasteiger charge is 2.27. The Morgan fingerprint density at radius 1 is 1.03 bits per heavy atom. The first-order valence-electron chi connectivity index (χ1n) is 12.3. The minimum atomic E-state index is -0.568. The Hall–Kier alpha value is -4.44. The van der Waals surface area contributed by atoms with Crippen LogP contribution in [0.5, 0.6) is 0 Å². The lowest BCUT2D eigenvalue weighted by Crippen LogP contribution is -2.40. The number of hydrogen-bond acceptors (Lipinski definition) is 5. The first-order valence-corrected chi connectivity index (χ1v) is 13.1. The smallest absolute Gasteiger partial charge is 0.272 e. The fourth-order valence-electron chi connectivity index (χ4n) is 4.45. The van der Waals surface area contributed by atoms with E-state index in [1.54, 1.807) is 30.5 Å². The molecule has 10 heteroatoms. The molecule has 1 atom stereocenters. The minimum Gasteiger partial charge on any atom is -0.357 e. The average Bonchev–Trinajstić information content (AvgIpc) is 3.64. The van der Waals surface area contributed by atoms with Gasteiger partial charge >= 0.3 is 0 Å². The van der Waals surface area contributed by atoms with E-state index >= 15 is 0 Å². The van der Waals surface area contributed by atoms with Crippen LogP contribution in [0.4, 0.5) is 5.82 Å². The molecule has 3 heterocycles. The second kappa shape index (κ2) is 10.1. The quantitative estimate of drug-likeness (QED) is 0.235. The van der Waals surface area contributed by atoms with Gasteiger partial charge in [0.05, 0.1) is 15.8 Å². The van der Waals surface area contributed by atoms with Crippen LogP contribution in [0.1, 0.15) is 52.9 Å². The van der Waals surface area contributed by atoms with Gasteiger partial charge in [0.15, 0.2) is 0 Å². The number of hydrogen-bond donors (Lipinski definition) is 5. The van der Waals surface area contributed by atoms with Gasteiger partial charge in [0.25, 0.3) is 17.7 Å². The van der Waals surface area contributed by atoms with E-state index in [0.29, 0.717) is 44.3 Å². The van der Waals surface area contributed by atoms with Crippen molar-refractivity contribution in [3.63, 3.8) is 0 Å². The topological polar surface area (TPSA) is 132 Å². The van der Waals surface area contributed by atoms with Crippen molar-refractivity contribution in [3.05, 3.63) is 94.3 Å². The molecular weight excluding hydrogens is 500 g/mol. The van der Waals surface area contributed by atoms with Crippen molar-refractivity contribution in [3.8, 4) is 0 Å². The summed E-state index contributed by atoms with van der Waals surface area (Å²) in [6, 6.07) is 14.9. The molecule has 0 saturated heterocycles. The van der Waals surface area contributed by atoms with Crippen LogP contribution >= 0.6 is 11.3 Å². The predicted octanol–water partition coefficient (Wildman–Crippen LogP) is 4.84. The number of thiophene rings is 1. The molecule has 4 aromatic rings. The number of rotatable bonds is 7. The van der Waals surface area contributed by atoms with Crippen LogP contribution in [-0.4, -0.2) is 32.9 Å². The highest BCUT2D eigenvalue weighted by Crippen LogP contribution is 2.32. The third-order valence-corrected chi connectivity index (χ3v) is 7.56. The van der Waals surface area contributed by atoms with Crippen molar-refractivity contribution < 1.29 is 14.4 Å². The van der Waals surface area contributed by atoms with Crippen molar-refractivity contribution in [2.75, 3.05) is 5.32 Å². The highest BCUT2D eigenvalue weighted by atomic mass is 32.1. The number of anilines is 1. The number of nitrogens with zero attached hydrogens (tertiary/aromatic N) is 1. The maximum absolute atomic E-state index is 13.4. The van der Waals surface area contributed by atoms with Gasteiger partial charge in [-0.05, 0) is 56.0 Å². The number of amides is 3. The van der Waals surface area contributed by atoms with Gasteiger partial charge < -0.3 is 20.9 Å². The van der Waals surface area contributed by atoms with E-state index in [1.165, 1.54) is 11.3 Å². The zero-order chi connectivity index (χ0) is 26.9. The van der Waals surface area contributed by atoms with Gasteiger partial charge in [0.1, 0.15) is 16.3 Å². The van der Waals surface area contributed by atoms with Crippen molar-refractivity contribution in [1.29, 1.82) is 0 Å². The van der Waals surface area contributed by atoms with Gasteiger partial charge in [0, 0.05) is 17.5 Å². The van der Waals surface area contributed by atoms with E-state index in [4.69, 9.17) is 0 Å². The molecule has 0 bridgehead atoms. The molecule has 3 amide bonds. The molecule has 5 rings (SSSR count). The van der Waals surface area contributed by atoms with E-state index in [2.05, 4.69) is 31.1 Å². The molecule has 9 nitrogen and oxygen atoms in total. The van der Waals surface area contributed by atoms with E-state index < -0.39 is 5.54 Å². The summed E-state index contributed by atoms with van der Waals surface area (Å²) in [4.78, 5) is 43.0. The van der Waals surface area contributed by atoms with Gasteiger partial charge in [-0.2, -0.15) is 5.10 Å². The van der Waals surface area contributed by atoms with Crippen LogP contribution in [0, 0.1) is 5.92 Å². The van der Waals surface area contributed by atoms with Gasteiger partial charge in [0.2, 0.25) is 0 Å². The fourth-order valence-corrected chi connectivity index (χ4v) is 5.34. The van der Waals surface area contributed by atoms with E-state index in [9.17, 15) is 14.4 Å². The van der Waals surface area contributed by atoms with E-state index in [-0.39, 0.29) is 23.6 Å². The zero-order valence-corrected chi connectivity index (χ0v) is 22.0. The van der Waals surface area contributed by atoms with E-state index in [1.807, 2.05) is 57.2 Å². The van der Waals surface area contributed by atoms with Crippen molar-refractivity contribution in [2.45, 2.75) is 32.7 Å². The monoisotopic (exact) mass is 528 g/mol. The average molecular weight is 529 g/mol. The first-order chi connectivity index (χ1) is 18.2. The number of H-pyrrole nitrogens is 2. The Labute approximate surface area is 223 Å². The molecule has 194 valence electrons. The largest absolute Gasteiger partial charge is 0.357 e. The summed E-state index contributed by atoms with van der Waals surface area (Å²) in [5, 5.41) is 16.6. The van der Waals surface area contributed by atoms with Crippen LogP contribution in [-0.2, 0) is 10.3 Å². The lowest BCUT2D eigenvalue weighted by molar-refractivity contribution is -0.113. The van der Waals surface area contributed by atoms with Crippen LogP contribution in [0.25, 0.3) is 10.2 Å². The zero-order valence-electron chi connectivity index (χ0n) is 21.2. The molecule has 0 aliphatic heterocycles. The molecular formula is C28H28N6O3S. The number of allylic oxidation sites excluding steroid dienone is 2. The normalized spacial score (nSPS) is 15.5. The van der Waals surface area contributed by atoms with Crippen molar-refractivity contribution in [1.82, 2.24) is 25.8 Å². The fraction of sp³-hybridized carbons (Fsp3) is 0.214. The molecule has 1 aliphatic rings. The second-order valence-electron chi connectivity index (χ2n) is 9.73. The molecule has 0 spiro atoms. The first kappa shape index (κ1) is 25.2. The predicted molar refractivity (Wildman–Crippen MR) is 148 cm³/mol. The molecule has 1 aromatic carbocycles. The Morgan fingerprint density at radius 2 is 1.82 bits per heavy atom. The van der Waals surface area contributed by atoms with Gasteiger partial charge in [-0.25, -0.2) is 0 Å². The summed E-state index contributed by atoms with van der Waals surface area (Å²) in [6.07, 6.45) is 6.02. The molecule has 5 N–H and O–H groups in total. The lowest BCUT2D eigenvalue weighted by atomic mass is 9.90. The number of carbonyl (C=O) groups is 3. The summed E-state index contributed by atoms with van der Waals surface area (Å²) in [7, 11) is 0. The number of nitrogens with one attached hydrogen (secondary N) is 5. The molecule has 1 aliphatic carbocycles. The summed E-state index contributed by atoms with van der Waals surface area (Å²) in [6.45, 7) is 5.83. The molecule has 1 unspecified atom stereocenters. The van der Waals surface area contributed by atoms with Crippen molar-refractivity contribution >= 4 is 45.1 Å². The summed E-state index contributed by atoms with van der Waals surface area (Å²) < 4.78 is 0. The Morgan fingerprint density at radius 3 is 2.55 bits per heavy atom. The molecule has 0 saturated carbocycles. The number of aromatic nitrogens is 3. The van der Waals surface area contributed by atoms with E-state index in [0.717, 1.165) is 5.56 Å². The second-order valence-corrected chi connectivity index (χ2v) is 10.8. The standard InChI is InChI=1S/C28H28N6O3S/c1-16-9-7-12-19(30-24(35)20-13-8-14-29-20)22(16)26(37)31-23-18-15-21(38-27(18)34-33-23)25(36)32-28(2,3)17-10-5-4-6-11-17/h4-8,10-16,29H,9H2,1-3H3,(H,30,35)(H,32,36)(H2,31,33,34,37). The third kappa shape index (κ3) is 5.03. The van der Waals surface area contributed by atoms with Crippen LogP contribution in [0.15, 0.2) is 78.1 Å². The maximum atomic E-state index is 13.4. The Kier molecular flexibility index (Phi) is 6.73. The van der Waals surface area contributed by atoms with Gasteiger partial charge in [-0.1, -0.05) is 43.3 Å². The lowest BCUT2D eigenvalue weighted by Gasteiger charge is -2.26. The number of carbonyl (C=O) groups excluding carboxylic acids is 3. The molecule has 0 radical (unpaired) electrons. The maximum Gasteiger partial charge on any atom is 0.272 e. The number of fused-ring (bicyclic) bond motifs is 1. The molecule has 0 fully saturated rings. The summed E-state index contributed by atoms with van der Waals surface area (Å²) >= 11 is 1.24.